The molecule has 8 heteroatoms. The van der Waals surface area contributed by atoms with Gasteiger partial charge in [-0.1, -0.05) is 42.5 Å². The Labute approximate surface area is 186 Å². The summed E-state index contributed by atoms with van der Waals surface area (Å²) in [6, 6.07) is 17.8. The van der Waals surface area contributed by atoms with Crippen LogP contribution in [-0.4, -0.2) is 45.9 Å². The summed E-state index contributed by atoms with van der Waals surface area (Å²) in [4.78, 5) is 21.0. The van der Waals surface area contributed by atoms with E-state index in [1.165, 1.54) is 11.9 Å². The number of methoxy groups -OCH3 is 1. The molecule has 2 aromatic heterocycles. The van der Waals surface area contributed by atoms with Crippen LogP contribution in [0.5, 0.6) is 5.75 Å². The second-order valence-electron chi connectivity index (χ2n) is 7.36. The van der Waals surface area contributed by atoms with Crippen LogP contribution >= 0.6 is 0 Å². The smallest absolute Gasteiger partial charge is 0.224 e. The van der Waals surface area contributed by atoms with Crippen molar-refractivity contribution < 1.29 is 9.53 Å². The second-order valence-corrected chi connectivity index (χ2v) is 7.36. The molecule has 32 heavy (non-hydrogen) atoms. The van der Waals surface area contributed by atoms with Crippen molar-refractivity contribution >= 4 is 22.8 Å². The Kier molecular flexibility index (Phi) is 6.91. The van der Waals surface area contributed by atoms with E-state index in [1.54, 1.807) is 18.0 Å². The molecule has 0 unspecified atom stereocenters. The largest absolute Gasteiger partial charge is 0.497 e. The fraction of sp³-hybridized carbons (Fsp3) is 0.250. The van der Waals surface area contributed by atoms with Crippen molar-refractivity contribution in [3.63, 3.8) is 0 Å². The molecule has 0 bridgehead atoms. The van der Waals surface area contributed by atoms with Gasteiger partial charge in [-0.15, -0.1) is 0 Å². The zero-order chi connectivity index (χ0) is 22.2. The van der Waals surface area contributed by atoms with E-state index in [9.17, 15) is 4.79 Å². The molecule has 2 aromatic carbocycles. The SMILES string of the molecule is COc1ccc(CC(=O)NCCn2ncc3c(NCCc4ccccc4)ncnc32)cc1. The van der Waals surface area contributed by atoms with Crippen LogP contribution in [0.15, 0.2) is 67.1 Å². The summed E-state index contributed by atoms with van der Waals surface area (Å²) >= 11 is 0. The number of nitrogens with zero attached hydrogens (tertiary/aromatic N) is 4. The molecular weight excluding hydrogens is 404 g/mol. The number of carbonyl (C=O) groups excluding carboxylic acids is 1. The summed E-state index contributed by atoms with van der Waals surface area (Å²) in [5.74, 6) is 1.50. The van der Waals surface area contributed by atoms with E-state index >= 15 is 0 Å². The van der Waals surface area contributed by atoms with Gasteiger partial charge in [-0.05, 0) is 29.7 Å². The number of ether oxygens (including phenoxy) is 1. The third-order valence-electron chi connectivity index (χ3n) is 5.15. The molecule has 0 fully saturated rings. The molecule has 8 nitrogen and oxygen atoms in total. The maximum Gasteiger partial charge on any atom is 0.224 e. The molecule has 2 heterocycles. The molecule has 0 saturated heterocycles. The lowest BCUT2D eigenvalue weighted by Crippen LogP contribution is -2.28. The van der Waals surface area contributed by atoms with Crippen molar-refractivity contribution in [1.29, 1.82) is 0 Å². The molecule has 2 N–H and O–H groups in total. The molecule has 0 radical (unpaired) electrons. The predicted octanol–water partition coefficient (Wildman–Crippen LogP) is 2.85. The molecule has 1 amide bonds. The van der Waals surface area contributed by atoms with Crippen LogP contribution in [0, 0.1) is 0 Å². The number of rotatable bonds is 10. The number of hydrogen-bond acceptors (Lipinski definition) is 6. The van der Waals surface area contributed by atoms with Crippen LogP contribution < -0.4 is 15.4 Å². The lowest BCUT2D eigenvalue weighted by atomic mass is 10.1. The van der Waals surface area contributed by atoms with Gasteiger partial charge < -0.3 is 15.4 Å². The number of anilines is 1. The molecule has 0 spiro atoms. The van der Waals surface area contributed by atoms with Gasteiger partial charge in [0.2, 0.25) is 5.91 Å². The third-order valence-corrected chi connectivity index (χ3v) is 5.15. The molecule has 0 atom stereocenters. The Morgan fingerprint density at radius 3 is 2.59 bits per heavy atom. The normalized spacial score (nSPS) is 10.8. The van der Waals surface area contributed by atoms with E-state index in [0.29, 0.717) is 19.5 Å². The van der Waals surface area contributed by atoms with E-state index in [0.717, 1.165) is 41.1 Å². The average molecular weight is 431 g/mol. The topological polar surface area (TPSA) is 94.0 Å². The van der Waals surface area contributed by atoms with Gasteiger partial charge in [0.25, 0.3) is 0 Å². The predicted molar refractivity (Wildman–Crippen MR) is 124 cm³/mol. The number of hydrogen-bond donors (Lipinski definition) is 2. The van der Waals surface area contributed by atoms with Crippen LogP contribution in [0.4, 0.5) is 5.82 Å². The summed E-state index contributed by atoms with van der Waals surface area (Å²) < 4.78 is 6.93. The average Bonchev–Trinajstić information content (AvgIpc) is 3.24. The number of amides is 1. The van der Waals surface area contributed by atoms with Gasteiger partial charge >= 0.3 is 0 Å². The van der Waals surface area contributed by atoms with Gasteiger partial charge in [0.15, 0.2) is 5.65 Å². The summed E-state index contributed by atoms with van der Waals surface area (Å²) in [5, 5.41) is 11.6. The Balaban J connectivity index is 1.29. The minimum absolute atomic E-state index is 0.0375. The first-order chi connectivity index (χ1) is 15.7. The van der Waals surface area contributed by atoms with Crippen molar-refractivity contribution in [1.82, 2.24) is 25.1 Å². The highest BCUT2D eigenvalue weighted by Crippen LogP contribution is 2.18. The van der Waals surface area contributed by atoms with Gasteiger partial charge in [0.1, 0.15) is 17.9 Å². The second kappa shape index (κ2) is 10.4. The van der Waals surface area contributed by atoms with Gasteiger partial charge in [0.05, 0.1) is 31.7 Å². The van der Waals surface area contributed by atoms with Crippen LogP contribution in [0.1, 0.15) is 11.1 Å². The Morgan fingerprint density at radius 1 is 1.00 bits per heavy atom. The zero-order valence-electron chi connectivity index (χ0n) is 18.0. The molecule has 0 aliphatic heterocycles. The Morgan fingerprint density at radius 2 is 1.81 bits per heavy atom. The summed E-state index contributed by atoms with van der Waals surface area (Å²) in [7, 11) is 1.62. The highest BCUT2D eigenvalue weighted by atomic mass is 16.5. The van der Waals surface area contributed by atoms with E-state index in [-0.39, 0.29) is 5.91 Å². The summed E-state index contributed by atoms with van der Waals surface area (Å²) in [6.45, 7) is 1.76. The molecule has 4 rings (SSSR count). The lowest BCUT2D eigenvalue weighted by molar-refractivity contribution is -0.120. The molecule has 0 aliphatic carbocycles. The fourth-order valence-electron chi connectivity index (χ4n) is 3.46. The van der Waals surface area contributed by atoms with Crippen molar-refractivity contribution in [2.45, 2.75) is 19.4 Å². The van der Waals surface area contributed by atoms with E-state index in [1.807, 2.05) is 42.5 Å². The first kappa shape index (κ1) is 21.3. The lowest BCUT2D eigenvalue weighted by Gasteiger charge is -2.08. The molecule has 0 aliphatic rings. The third kappa shape index (κ3) is 5.40. The standard InChI is InChI=1S/C24H26N6O2/c1-32-20-9-7-19(8-10-20)15-22(31)25-13-14-30-24-21(16-29-30)23(27-17-28-24)26-12-11-18-5-3-2-4-6-18/h2-10,16-17H,11-15H2,1H3,(H,25,31)(H,26,27,28). The maximum absolute atomic E-state index is 12.2. The quantitative estimate of drug-likeness (QED) is 0.402. The first-order valence-electron chi connectivity index (χ1n) is 10.6. The first-order valence-corrected chi connectivity index (χ1v) is 10.6. The molecule has 0 saturated carbocycles. The van der Waals surface area contributed by atoms with Crippen molar-refractivity contribution in [3.8, 4) is 5.75 Å². The van der Waals surface area contributed by atoms with E-state index < -0.39 is 0 Å². The van der Waals surface area contributed by atoms with Gasteiger partial charge in [-0.25, -0.2) is 14.6 Å². The highest BCUT2D eigenvalue weighted by Gasteiger charge is 2.10. The van der Waals surface area contributed by atoms with Gasteiger partial charge in [0, 0.05) is 13.1 Å². The number of benzene rings is 2. The van der Waals surface area contributed by atoms with Crippen LogP contribution in [0.25, 0.3) is 11.0 Å². The van der Waals surface area contributed by atoms with Crippen molar-refractivity contribution in [3.05, 3.63) is 78.2 Å². The highest BCUT2D eigenvalue weighted by molar-refractivity contribution is 5.86. The minimum Gasteiger partial charge on any atom is -0.497 e. The van der Waals surface area contributed by atoms with Gasteiger partial charge in [-0.3, -0.25) is 4.79 Å². The van der Waals surface area contributed by atoms with Crippen LogP contribution in [0.3, 0.4) is 0 Å². The number of nitrogens with one attached hydrogen (secondary N) is 2. The van der Waals surface area contributed by atoms with E-state index in [4.69, 9.17) is 4.74 Å². The number of aromatic nitrogens is 4. The Bertz CT molecular complexity index is 1160. The van der Waals surface area contributed by atoms with Crippen molar-refractivity contribution in [2.24, 2.45) is 0 Å². The van der Waals surface area contributed by atoms with Crippen molar-refractivity contribution in [2.75, 3.05) is 25.5 Å². The number of carbonyl (C=O) groups is 1. The summed E-state index contributed by atoms with van der Waals surface area (Å²) in [6.07, 6.45) is 4.52. The van der Waals surface area contributed by atoms with Crippen LogP contribution in [-0.2, 0) is 24.2 Å². The molecule has 4 aromatic rings. The molecular formula is C24H26N6O2. The number of fused-ring (bicyclic) bond motifs is 1. The minimum atomic E-state index is -0.0375. The van der Waals surface area contributed by atoms with Gasteiger partial charge in [-0.2, -0.15) is 5.10 Å². The van der Waals surface area contributed by atoms with Crippen LogP contribution in [0.2, 0.25) is 0 Å². The fourth-order valence-corrected chi connectivity index (χ4v) is 3.46. The monoisotopic (exact) mass is 430 g/mol. The Hall–Kier alpha value is -3.94. The summed E-state index contributed by atoms with van der Waals surface area (Å²) in [5.41, 5.74) is 2.95. The van der Waals surface area contributed by atoms with E-state index in [2.05, 4.69) is 37.8 Å². The molecule has 164 valence electrons. The maximum atomic E-state index is 12.2. The zero-order valence-corrected chi connectivity index (χ0v) is 18.0.